The van der Waals surface area contributed by atoms with Gasteiger partial charge in [0.05, 0.1) is 12.0 Å². The first kappa shape index (κ1) is 14.9. The molecule has 0 aliphatic carbocycles. The van der Waals surface area contributed by atoms with Gasteiger partial charge in [-0.3, -0.25) is 10.1 Å². The molecule has 2 unspecified atom stereocenters. The molecule has 0 aliphatic heterocycles. The van der Waals surface area contributed by atoms with E-state index in [4.69, 9.17) is 5.73 Å². The minimum absolute atomic E-state index is 0.0105. The van der Waals surface area contributed by atoms with E-state index in [2.05, 4.69) is 4.74 Å². The molecule has 1 rings (SSSR count). The van der Waals surface area contributed by atoms with Crippen molar-refractivity contribution in [2.24, 2.45) is 0 Å². The van der Waals surface area contributed by atoms with Gasteiger partial charge in [-0.2, -0.15) is 0 Å². The van der Waals surface area contributed by atoms with E-state index >= 15 is 0 Å². The van der Waals surface area contributed by atoms with E-state index in [1.54, 1.807) is 0 Å². The summed E-state index contributed by atoms with van der Waals surface area (Å²) in [4.78, 5) is 21.2. The maximum Gasteiger partial charge on any atom is 0.337 e. The van der Waals surface area contributed by atoms with Crippen molar-refractivity contribution in [2.75, 3.05) is 12.8 Å². The zero-order chi connectivity index (χ0) is 14.7. The first-order valence-corrected chi connectivity index (χ1v) is 5.28. The summed E-state index contributed by atoms with van der Waals surface area (Å²) < 4.78 is 4.28. The summed E-state index contributed by atoms with van der Waals surface area (Å²) in [5.41, 5.74) is 5.48. The summed E-state index contributed by atoms with van der Waals surface area (Å²) in [6.07, 6.45) is -3.46. The van der Waals surface area contributed by atoms with Gasteiger partial charge >= 0.3 is 5.97 Å². The van der Waals surface area contributed by atoms with E-state index in [1.807, 2.05) is 0 Å². The Morgan fingerprint density at radius 3 is 2.53 bits per heavy atom. The molecule has 0 radical (unpaired) electrons. The molecule has 0 saturated carbocycles. The average molecular weight is 270 g/mol. The first-order chi connectivity index (χ1) is 8.79. The SMILES string of the molecule is COC(=O)C(O)C(O)c1cc(C)c(N)c([N+](=O)[O-])c1. The summed E-state index contributed by atoms with van der Waals surface area (Å²) in [6, 6.07) is 2.37. The predicted molar refractivity (Wildman–Crippen MR) is 65.2 cm³/mol. The van der Waals surface area contributed by atoms with Gasteiger partial charge in [0.25, 0.3) is 5.69 Å². The lowest BCUT2D eigenvalue weighted by atomic mass is 10.00. The highest BCUT2D eigenvalue weighted by Crippen LogP contribution is 2.30. The Labute approximate surface area is 108 Å². The number of aliphatic hydroxyl groups is 2. The van der Waals surface area contributed by atoms with Crippen LogP contribution in [0.15, 0.2) is 12.1 Å². The van der Waals surface area contributed by atoms with Crippen molar-refractivity contribution in [1.29, 1.82) is 0 Å². The number of nitro groups is 1. The quantitative estimate of drug-likeness (QED) is 0.304. The Morgan fingerprint density at radius 1 is 1.47 bits per heavy atom. The van der Waals surface area contributed by atoms with Crippen LogP contribution < -0.4 is 5.73 Å². The number of carbonyl (C=O) groups excluding carboxylic acids is 1. The van der Waals surface area contributed by atoms with Gasteiger partial charge in [-0.1, -0.05) is 6.07 Å². The molecule has 104 valence electrons. The second kappa shape index (κ2) is 5.63. The van der Waals surface area contributed by atoms with E-state index in [9.17, 15) is 25.1 Å². The molecule has 0 spiro atoms. The van der Waals surface area contributed by atoms with Crippen LogP contribution in [0.4, 0.5) is 11.4 Å². The van der Waals surface area contributed by atoms with E-state index in [0.717, 1.165) is 13.2 Å². The summed E-state index contributed by atoms with van der Waals surface area (Å²) in [5, 5.41) is 30.1. The number of aliphatic hydroxyl groups excluding tert-OH is 2. The van der Waals surface area contributed by atoms with E-state index in [0.29, 0.717) is 5.56 Å². The van der Waals surface area contributed by atoms with Crippen LogP contribution in [0.3, 0.4) is 0 Å². The molecule has 1 aromatic rings. The fraction of sp³-hybridized carbons (Fsp3) is 0.364. The van der Waals surface area contributed by atoms with E-state index < -0.39 is 28.8 Å². The van der Waals surface area contributed by atoms with Crippen molar-refractivity contribution in [3.8, 4) is 0 Å². The summed E-state index contributed by atoms with van der Waals surface area (Å²) in [5.74, 6) is -1.04. The largest absolute Gasteiger partial charge is 0.467 e. The normalized spacial score (nSPS) is 13.7. The van der Waals surface area contributed by atoms with Crippen LogP contribution in [0.2, 0.25) is 0 Å². The standard InChI is InChI=1S/C11H14N2O6/c1-5-3-6(4-7(8(5)12)13(17)18)9(14)10(15)11(16)19-2/h3-4,9-10,14-15H,12H2,1-2H3. The molecule has 8 heteroatoms. The minimum Gasteiger partial charge on any atom is -0.467 e. The number of nitrogens with two attached hydrogens (primary N) is 1. The van der Waals surface area contributed by atoms with Crippen molar-refractivity contribution < 1.29 is 24.7 Å². The molecule has 1 aromatic carbocycles. The van der Waals surface area contributed by atoms with Gasteiger partial charge in [0.2, 0.25) is 0 Å². The number of anilines is 1. The van der Waals surface area contributed by atoms with Crippen LogP contribution in [0.5, 0.6) is 0 Å². The lowest BCUT2D eigenvalue weighted by Gasteiger charge is -2.17. The second-order valence-electron chi connectivity index (χ2n) is 3.94. The van der Waals surface area contributed by atoms with Crippen molar-refractivity contribution >= 4 is 17.3 Å². The number of aryl methyl sites for hydroxylation is 1. The minimum atomic E-state index is -1.83. The zero-order valence-corrected chi connectivity index (χ0v) is 10.4. The Kier molecular flexibility index (Phi) is 4.41. The molecule has 19 heavy (non-hydrogen) atoms. The third kappa shape index (κ3) is 2.98. The van der Waals surface area contributed by atoms with Gasteiger partial charge in [0, 0.05) is 6.07 Å². The lowest BCUT2D eigenvalue weighted by Crippen LogP contribution is -2.29. The molecule has 0 bridgehead atoms. The van der Waals surface area contributed by atoms with Gasteiger partial charge in [0.15, 0.2) is 6.10 Å². The third-order valence-electron chi connectivity index (χ3n) is 2.67. The Morgan fingerprint density at radius 2 is 2.05 bits per heavy atom. The van der Waals surface area contributed by atoms with Crippen molar-refractivity contribution in [2.45, 2.75) is 19.1 Å². The highest BCUT2D eigenvalue weighted by Gasteiger charge is 2.28. The molecule has 0 aromatic heterocycles. The molecule has 0 fully saturated rings. The van der Waals surface area contributed by atoms with Crippen LogP contribution in [-0.2, 0) is 9.53 Å². The number of esters is 1. The number of nitro benzene ring substituents is 1. The number of carbonyl (C=O) groups is 1. The lowest BCUT2D eigenvalue weighted by molar-refractivity contribution is -0.384. The summed E-state index contributed by atoms with van der Waals surface area (Å²) >= 11 is 0. The van der Waals surface area contributed by atoms with Crippen LogP contribution in [0.25, 0.3) is 0 Å². The molecule has 0 heterocycles. The van der Waals surface area contributed by atoms with Gasteiger partial charge in [-0.25, -0.2) is 4.79 Å². The number of nitrogen functional groups attached to an aromatic ring is 1. The Hall–Kier alpha value is -2.19. The molecule has 4 N–H and O–H groups in total. The monoisotopic (exact) mass is 270 g/mol. The van der Waals surface area contributed by atoms with Crippen LogP contribution in [-0.4, -0.2) is 34.3 Å². The fourth-order valence-electron chi connectivity index (χ4n) is 1.56. The number of methoxy groups -OCH3 is 1. The first-order valence-electron chi connectivity index (χ1n) is 5.28. The third-order valence-corrected chi connectivity index (χ3v) is 2.67. The molecular weight excluding hydrogens is 256 g/mol. The number of hydrogen-bond acceptors (Lipinski definition) is 7. The van der Waals surface area contributed by atoms with Crippen LogP contribution in [0.1, 0.15) is 17.2 Å². The molecular formula is C11H14N2O6. The number of benzene rings is 1. The smallest absolute Gasteiger partial charge is 0.337 e. The number of hydrogen-bond donors (Lipinski definition) is 3. The van der Waals surface area contributed by atoms with Gasteiger partial charge < -0.3 is 20.7 Å². The maximum atomic E-state index is 11.1. The highest BCUT2D eigenvalue weighted by atomic mass is 16.6. The molecule has 0 saturated heterocycles. The van der Waals surface area contributed by atoms with Crippen molar-refractivity contribution in [3.05, 3.63) is 33.4 Å². The zero-order valence-electron chi connectivity index (χ0n) is 10.4. The number of rotatable bonds is 4. The molecule has 2 atom stereocenters. The van der Waals surface area contributed by atoms with Crippen molar-refractivity contribution in [3.63, 3.8) is 0 Å². The van der Waals surface area contributed by atoms with Crippen molar-refractivity contribution in [1.82, 2.24) is 0 Å². The number of ether oxygens (including phenoxy) is 1. The fourth-order valence-corrected chi connectivity index (χ4v) is 1.56. The predicted octanol–water partition coefficient (Wildman–Crippen LogP) is 0.0527. The highest BCUT2D eigenvalue weighted by molar-refractivity contribution is 5.75. The molecule has 0 aliphatic rings. The summed E-state index contributed by atoms with van der Waals surface area (Å²) in [6.45, 7) is 1.52. The maximum absolute atomic E-state index is 11.1. The van der Waals surface area contributed by atoms with Crippen LogP contribution in [0, 0.1) is 17.0 Å². The van der Waals surface area contributed by atoms with E-state index in [1.165, 1.54) is 13.0 Å². The topological polar surface area (TPSA) is 136 Å². The summed E-state index contributed by atoms with van der Waals surface area (Å²) in [7, 11) is 1.05. The molecule has 0 amide bonds. The van der Waals surface area contributed by atoms with E-state index in [-0.39, 0.29) is 11.3 Å². The second-order valence-corrected chi connectivity index (χ2v) is 3.94. The van der Waals surface area contributed by atoms with Gasteiger partial charge in [0.1, 0.15) is 11.8 Å². The molecule has 8 nitrogen and oxygen atoms in total. The van der Waals surface area contributed by atoms with Crippen LogP contribution >= 0.6 is 0 Å². The average Bonchev–Trinajstić information content (AvgIpc) is 2.38. The van der Waals surface area contributed by atoms with Gasteiger partial charge in [-0.05, 0) is 18.1 Å². The number of nitrogens with zero attached hydrogens (tertiary/aromatic N) is 1. The van der Waals surface area contributed by atoms with Gasteiger partial charge in [-0.15, -0.1) is 0 Å². The Bertz CT molecular complexity index is 516. The Balaban J connectivity index is 3.21.